The van der Waals surface area contributed by atoms with Crippen molar-refractivity contribution < 1.29 is 28.2 Å². The Balaban J connectivity index is 1.79. The fourth-order valence-corrected chi connectivity index (χ4v) is 2.87. The molecule has 0 bridgehead atoms. The molecule has 0 aliphatic rings. The van der Waals surface area contributed by atoms with Crippen molar-refractivity contribution in [3.63, 3.8) is 0 Å². The van der Waals surface area contributed by atoms with Gasteiger partial charge in [-0.1, -0.05) is 30.3 Å². The molecule has 0 aliphatic heterocycles. The van der Waals surface area contributed by atoms with E-state index in [9.17, 15) is 23.5 Å². The topological polar surface area (TPSA) is 75.6 Å². The normalized spacial score (nSPS) is 11.1. The first kappa shape index (κ1) is 21.2. The SMILES string of the molecule is O=C(O)/C(=C\c1ccc(Oc2ccccc2Br)cc1)NC(=O)c1c(F)cccc1F. The first-order valence-corrected chi connectivity index (χ1v) is 9.37. The summed E-state index contributed by atoms with van der Waals surface area (Å²) in [6.45, 7) is 0. The van der Waals surface area contributed by atoms with E-state index in [4.69, 9.17) is 4.74 Å². The highest BCUT2D eigenvalue weighted by atomic mass is 79.9. The average Bonchev–Trinajstić information content (AvgIpc) is 2.70. The van der Waals surface area contributed by atoms with Gasteiger partial charge in [0, 0.05) is 0 Å². The van der Waals surface area contributed by atoms with Gasteiger partial charge in [0.05, 0.1) is 4.47 Å². The van der Waals surface area contributed by atoms with Gasteiger partial charge in [0.15, 0.2) is 0 Å². The number of rotatable bonds is 6. The molecule has 3 rings (SSSR count). The minimum Gasteiger partial charge on any atom is -0.477 e. The summed E-state index contributed by atoms with van der Waals surface area (Å²) in [5, 5.41) is 11.4. The maximum absolute atomic E-state index is 13.7. The van der Waals surface area contributed by atoms with E-state index in [1.165, 1.54) is 6.08 Å². The number of hydrogen-bond donors (Lipinski definition) is 2. The van der Waals surface area contributed by atoms with Crippen molar-refractivity contribution >= 4 is 33.9 Å². The number of halogens is 3. The summed E-state index contributed by atoms with van der Waals surface area (Å²) in [7, 11) is 0. The van der Waals surface area contributed by atoms with Gasteiger partial charge in [-0.25, -0.2) is 13.6 Å². The van der Waals surface area contributed by atoms with Crippen LogP contribution in [0.25, 0.3) is 6.08 Å². The van der Waals surface area contributed by atoms with Crippen molar-refractivity contribution in [3.05, 3.63) is 99.7 Å². The summed E-state index contributed by atoms with van der Waals surface area (Å²) in [4.78, 5) is 23.6. The molecule has 0 fully saturated rings. The van der Waals surface area contributed by atoms with Crippen molar-refractivity contribution in [2.45, 2.75) is 0 Å². The number of carboxylic acid groups (broad SMARTS) is 1. The monoisotopic (exact) mass is 473 g/mol. The largest absolute Gasteiger partial charge is 0.477 e. The molecular weight excluding hydrogens is 460 g/mol. The second kappa shape index (κ2) is 9.32. The lowest BCUT2D eigenvalue weighted by molar-refractivity contribution is -0.132. The van der Waals surface area contributed by atoms with E-state index in [0.717, 1.165) is 22.7 Å². The van der Waals surface area contributed by atoms with Gasteiger partial charge >= 0.3 is 5.97 Å². The number of aliphatic carboxylic acids is 1. The highest BCUT2D eigenvalue weighted by Gasteiger charge is 2.20. The molecule has 0 saturated carbocycles. The summed E-state index contributed by atoms with van der Waals surface area (Å²) < 4.78 is 34.0. The van der Waals surface area contributed by atoms with Crippen LogP contribution >= 0.6 is 15.9 Å². The van der Waals surface area contributed by atoms with E-state index in [2.05, 4.69) is 15.9 Å². The van der Waals surface area contributed by atoms with Crippen LogP contribution in [0.5, 0.6) is 11.5 Å². The molecular formula is C22H14BrF2NO4. The van der Waals surface area contributed by atoms with Crippen LogP contribution in [0.2, 0.25) is 0 Å². The molecule has 0 saturated heterocycles. The number of hydrogen-bond acceptors (Lipinski definition) is 3. The van der Waals surface area contributed by atoms with Gasteiger partial charge < -0.3 is 15.2 Å². The molecule has 0 heterocycles. The standard InChI is InChI=1S/C22H14BrF2NO4/c23-15-4-1-2-7-19(15)30-14-10-8-13(9-11-14)12-18(22(28)29)26-21(27)20-16(24)5-3-6-17(20)25/h1-12H,(H,26,27)(H,28,29)/b18-12+. The Morgan fingerprint density at radius 2 is 1.57 bits per heavy atom. The summed E-state index contributed by atoms with van der Waals surface area (Å²) in [5.41, 5.74) is -0.967. The Bertz CT molecular complexity index is 1110. The van der Waals surface area contributed by atoms with Crippen LogP contribution in [0.3, 0.4) is 0 Å². The molecule has 0 unspecified atom stereocenters. The third-order valence-electron chi connectivity index (χ3n) is 3.92. The van der Waals surface area contributed by atoms with Crippen LogP contribution in [-0.2, 0) is 4.79 Å². The van der Waals surface area contributed by atoms with Crippen molar-refractivity contribution in [2.24, 2.45) is 0 Å². The molecule has 152 valence electrons. The van der Waals surface area contributed by atoms with E-state index in [0.29, 0.717) is 17.1 Å². The Morgan fingerprint density at radius 1 is 0.933 bits per heavy atom. The molecule has 0 aliphatic carbocycles. The number of benzene rings is 3. The molecule has 0 radical (unpaired) electrons. The van der Waals surface area contributed by atoms with Crippen LogP contribution in [-0.4, -0.2) is 17.0 Å². The van der Waals surface area contributed by atoms with E-state index >= 15 is 0 Å². The molecule has 0 spiro atoms. The number of amides is 1. The smallest absolute Gasteiger partial charge is 0.352 e. The van der Waals surface area contributed by atoms with Crippen LogP contribution in [0.1, 0.15) is 15.9 Å². The first-order chi connectivity index (χ1) is 14.3. The lowest BCUT2D eigenvalue weighted by Crippen LogP contribution is -2.28. The lowest BCUT2D eigenvalue weighted by Gasteiger charge is -2.09. The van der Waals surface area contributed by atoms with Gasteiger partial charge in [0.2, 0.25) is 0 Å². The fraction of sp³-hybridized carbons (Fsp3) is 0. The van der Waals surface area contributed by atoms with Crippen molar-refractivity contribution in [1.29, 1.82) is 0 Å². The zero-order chi connectivity index (χ0) is 21.7. The minimum absolute atomic E-state index is 0.432. The number of para-hydroxylation sites is 1. The second-order valence-electron chi connectivity index (χ2n) is 6.02. The first-order valence-electron chi connectivity index (χ1n) is 8.58. The minimum atomic E-state index is -1.46. The summed E-state index contributed by atoms with van der Waals surface area (Å²) in [5.74, 6) is -3.74. The zero-order valence-electron chi connectivity index (χ0n) is 15.2. The zero-order valence-corrected chi connectivity index (χ0v) is 16.8. The highest BCUT2D eigenvalue weighted by Crippen LogP contribution is 2.29. The molecule has 8 heteroatoms. The molecule has 30 heavy (non-hydrogen) atoms. The Labute approximate surface area is 178 Å². The van der Waals surface area contributed by atoms with Crippen molar-refractivity contribution in [2.75, 3.05) is 0 Å². The summed E-state index contributed by atoms with van der Waals surface area (Å²) >= 11 is 3.38. The van der Waals surface area contributed by atoms with E-state index in [1.54, 1.807) is 30.3 Å². The van der Waals surface area contributed by atoms with Gasteiger partial charge in [-0.15, -0.1) is 0 Å². The third kappa shape index (κ3) is 5.09. The maximum atomic E-state index is 13.7. The molecule has 5 nitrogen and oxygen atoms in total. The molecule has 2 N–H and O–H groups in total. The van der Waals surface area contributed by atoms with Crippen LogP contribution in [0.4, 0.5) is 8.78 Å². The molecule has 0 aromatic heterocycles. The predicted molar refractivity (Wildman–Crippen MR) is 110 cm³/mol. The number of ether oxygens (including phenoxy) is 1. The molecule has 1 amide bonds. The number of carboxylic acids is 1. The quantitative estimate of drug-likeness (QED) is 0.471. The number of carbonyl (C=O) groups is 2. The van der Waals surface area contributed by atoms with Gasteiger partial charge in [-0.05, 0) is 64.0 Å². The fourth-order valence-electron chi connectivity index (χ4n) is 2.50. The lowest BCUT2D eigenvalue weighted by atomic mass is 10.1. The van der Waals surface area contributed by atoms with Gasteiger partial charge in [-0.3, -0.25) is 4.79 Å². The predicted octanol–water partition coefficient (Wildman–Crippen LogP) is 5.38. The Kier molecular flexibility index (Phi) is 6.58. The summed E-state index contributed by atoms with van der Waals surface area (Å²) in [6, 6.07) is 16.6. The number of nitrogens with one attached hydrogen (secondary N) is 1. The van der Waals surface area contributed by atoms with Gasteiger partial charge in [0.25, 0.3) is 5.91 Å². The van der Waals surface area contributed by atoms with Gasteiger partial charge in [-0.2, -0.15) is 0 Å². The van der Waals surface area contributed by atoms with Crippen molar-refractivity contribution in [3.8, 4) is 11.5 Å². The highest BCUT2D eigenvalue weighted by molar-refractivity contribution is 9.10. The van der Waals surface area contributed by atoms with E-state index < -0.39 is 34.8 Å². The van der Waals surface area contributed by atoms with Crippen LogP contribution < -0.4 is 10.1 Å². The Morgan fingerprint density at radius 3 is 2.17 bits per heavy atom. The van der Waals surface area contributed by atoms with Crippen LogP contribution in [0, 0.1) is 11.6 Å². The van der Waals surface area contributed by atoms with E-state index in [1.807, 2.05) is 23.5 Å². The second-order valence-corrected chi connectivity index (χ2v) is 6.87. The maximum Gasteiger partial charge on any atom is 0.352 e. The molecule has 3 aromatic rings. The Hall–Kier alpha value is -3.52. The van der Waals surface area contributed by atoms with Crippen LogP contribution in [0.15, 0.2) is 76.9 Å². The van der Waals surface area contributed by atoms with Crippen molar-refractivity contribution in [1.82, 2.24) is 5.32 Å². The third-order valence-corrected chi connectivity index (χ3v) is 4.58. The van der Waals surface area contributed by atoms with E-state index in [-0.39, 0.29) is 0 Å². The average molecular weight is 474 g/mol. The number of carbonyl (C=O) groups excluding carboxylic acids is 1. The molecule has 0 atom stereocenters. The van der Waals surface area contributed by atoms with Gasteiger partial charge in [0.1, 0.15) is 34.4 Å². The summed E-state index contributed by atoms with van der Waals surface area (Å²) in [6.07, 6.45) is 1.17. The molecule has 3 aromatic carbocycles.